The predicted molar refractivity (Wildman–Crippen MR) is 178 cm³/mol. The van der Waals surface area contributed by atoms with Crippen LogP contribution in [0.5, 0.6) is 0 Å². The molecule has 0 rings (SSSR count). The van der Waals surface area contributed by atoms with Gasteiger partial charge in [-0.3, -0.25) is 0 Å². The molecule has 0 aliphatic heterocycles. The van der Waals surface area contributed by atoms with E-state index in [2.05, 4.69) is 26.8 Å². The number of allylic oxidation sites excluding steroid dienone is 1. The first-order chi connectivity index (χ1) is 20.3. The van der Waals surface area contributed by atoms with Crippen LogP contribution in [-0.4, -0.2) is 32.9 Å². The summed E-state index contributed by atoms with van der Waals surface area (Å²) >= 11 is 0. The lowest BCUT2D eigenvalue weighted by Crippen LogP contribution is -2.19. The van der Waals surface area contributed by atoms with E-state index >= 15 is 0 Å². The van der Waals surface area contributed by atoms with Crippen LogP contribution in [0.4, 0.5) is 0 Å². The third kappa shape index (κ3) is 35.5. The van der Waals surface area contributed by atoms with Gasteiger partial charge >= 0.3 is 0 Å². The van der Waals surface area contributed by atoms with Crippen LogP contribution in [0.1, 0.15) is 194 Å². The summed E-state index contributed by atoms with van der Waals surface area (Å²) in [5, 5.41) is 0. The molecule has 41 heavy (non-hydrogen) atoms. The molecule has 0 unspecified atom stereocenters. The Morgan fingerprint density at radius 1 is 0.439 bits per heavy atom. The average Bonchev–Trinajstić information content (AvgIpc) is 2.98. The third-order valence-electron chi connectivity index (χ3n) is 7.90. The highest BCUT2D eigenvalue weighted by atomic mass is 16.7. The Labute approximate surface area is 258 Å². The molecule has 0 aromatic heterocycles. The molecule has 0 fully saturated rings. The topological polar surface area (TPSA) is 36.9 Å². The molecule has 0 N–H and O–H groups in total. The summed E-state index contributed by atoms with van der Waals surface area (Å²) in [6.07, 6.45) is 38.7. The Morgan fingerprint density at radius 2 is 0.854 bits per heavy atom. The Hall–Kier alpha value is -0.580. The first-order valence-corrected chi connectivity index (χ1v) is 18.4. The summed E-state index contributed by atoms with van der Waals surface area (Å²) < 4.78 is 23.5. The van der Waals surface area contributed by atoms with Crippen molar-refractivity contribution < 1.29 is 18.9 Å². The highest BCUT2D eigenvalue weighted by molar-refractivity contribution is 4.73. The van der Waals surface area contributed by atoms with Crippen molar-refractivity contribution in [1.29, 1.82) is 0 Å². The van der Waals surface area contributed by atoms with Crippen molar-refractivity contribution >= 4 is 0 Å². The van der Waals surface area contributed by atoms with E-state index in [4.69, 9.17) is 18.9 Å². The van der Waals surface area contributed by atoms with Crippen LogP contribution >= 0.6 is 0 Å². The van der Waals surface area contributed by atoms with Crippen LogP contribution in [0.25, 0.3) is 0 Å². The summed E-state index contributed by atoms with van der Waals surface area (Å²) in [7, 11) is 0. The molecule has 246 valence electrons. The van der Waals surface area contributed by atoms with Crippen LogP contribution in [-0.2, 0) is 18.9 Å². The lowest BCUT2D eigenvalue weighted by atomic mass is 10.1. The molecule has 0 spiro atoms. The van der Waals surface area contributed by atoms with Crippen molar-refractivity contribution in [2.45, 2.75) is 200 Å². The maximum absolute atomic E-state index is 6.20. The minimum absolute atomic E-state index is 0.0376. The van der Waals surface area contributed by atoms with Gasteiger partial charge in [-0.05, 0) is 51.0 Å². The Kier molecular flexibility index (Phi) is 36.9. The quantitative estimate of drug-likeness (QED) is 0.0418. The smallest absolute Gasteiger partial charge is 0.188 e. The molecule has 0 saturated carbocycles. The third-order valence-corrected chi connectivity index (χ3v) is 7.90. The van der Waals surface area contributed by atoms with E-state index in [0.717, 1.165) is 64.8 Å². The number of hydrogen-bond donors (Lipinski definition) is 0. The Bertz CT molecular complexity index is 460. The van der Waals surface area contributed by atoms with Gasteiger partial charge in [0.1, 0.15) is 0 Å². The molecule has 0 aliphatic rings. The molecule has 0 radical (unpaired) electrons. The number of rotatable bonds is 36. The van der Waals surface area contributed by atoms with Crippen LogP contribution < -0.4 is 0 Å². The molecule has 4 nitrogen and oxygen atoms in total. The van der Waals surface area contributed by atoms with Gasteiger partial charge in [-0.25, -0.2) is 0 Å². The van der Waals surface area contributed by atoms with Gasteiger partial charge in [0.2, 0.25) is 0 Å². The van der Waals surface area contributed by atoms with Gasteiger partial charge in [0.05, 0.1) is 12.9 Å². The largest absolute Gasteiger partial charge is 0.475 e. The molecule has 0 atom stereocenters. The van der Waals surface area contributed by atoms with Crippen LogP contribution in [0, 0.1) is 0 Å². The molecule has 0 aromatic carbocycles. The highest BCUT2D eigenvalue weighted by Gasteiger charge is 2.09. The average molecular weight is 583 g/mol. The summed E-state index contributed by atoms with van der Waals surface area (Å²) in [6, 6.07) is 0. The van der Waals surface area contributed by atoms with Crippen molar-refractivity contribution in [1.82, 2.24) is 0 Å². The summed E-state index contributed by atoms with van der Waals surface area (Å²) in [4.78, 5) is 0. The van der Waals surface area contributed by atoms with Crippen LogP contribution in [0.2, 0.25) is 0 Å². The lowest BCUT2D eigenvalue weighted by Gasteiger charge is -2.19. The van der Waals surface area contributed by atoms with Crippen molar-refractivity contribution in [3.8, 4) is 0 Å². The lowest BCUT2D eigenvalue weighted by molar-refractivity contribution is -0.148. The summed E-state index contributed by atoms with van der Waals surface area (Å²) in [5.74, 6) is 0. The second-order valence-corrected chi connectivity index (χ2v) is 12.1. The van der Waals surface area contributed by atoms with Gasteiger partial charge < -0.3 is 18.9 Å². The zero-order valence-corrected chi connectivity index (χ0v) is 28.3. The monoisotopic (exact) mass is 583 g/mol. The standard InChI is InChI=1S/C37H74O4/c1-4-7-10-13-16-19-23-29-34-40-37(41-35-30-24-20-17-14-11-8-5-2)31-26-21-25-28-33-39-36-38-32-27-22-18-15-12-9-6-3/h28,33,37H,4-27,29-32,34-36H2,1-3H3. The summed E-state index contributed by atoms with van der Waals surface area (Å²) in [6.45, 7) is 9.68. The van der Waals surface area contributed by atoms with Gasteiger partial charge in [0, 0.05) is 13.2 Å². The van der Waals surface area contributed by atoms with E-state index in [0.29, 0.717) is 6.79 Å². The van der Waals surface area contributed by atoms with Gasteiger partial charge in [-0.15, -0.1) is 0 Å². The molecule has 0 saturated heterocycles. The van der Waals surface area contributed by atoms with Crippen molar-refractivity contribution in [2.75, 3.05) is 26.6 Å². The summed E-state index contributed by atoms with van der Waals surface area (Å²) in [5.41, 5.74) is 0. The maximum Gasteiger partial charge on any atom is 0.188 e. The van der Waals surface area contributed by atoms with Crippen molar-refractivity contribution in [3.05, 3.63) is 12.3 Å². The second kappa shape index (κ2) is 37.4. The van der Waals surface area contributed by atoms with E-state index < -0.39 is 0 Å². The number of ether oxygens (including phenoxy) is 4. The van der Waals surface area contributed by atoms with E-state index in [-0.39, 0.29) is 6.29 Å². The predicted octanol–water partition coefficient (Wildman–Crippen LogP) is 12.4. The molecular weight excluding hydrogens is 508 g/mol. The zero-order valence-electron chi connectivity index (χ0n) is 28.3. The van der Waals surface area contributed by atoms with E-state index in [1.54, 1.807) is 6.26 Å². The van der Waals surface area contributed by atoms with E-state index in [1.807, 2.05) is 0 Å². The van der Waals surface area contributed by atoms with Gasteiger partial charge in [0.15, 0.2) is 13.1 Å². The van der Waals surface area contributed by atoms with Crippen molar-refractivity contribution in [2.24, 2.45) is 0 Å². The second-order valence-electron chi connectivity index (χ2n) is 12.1. The van der Waals surface area contributed by atoms with Gasteiger partial charge in [-0.2, -0.15) is 0 Å². The molecule has 0 bridgehead atoms. The van der Waals surface area contributed by atoms with Crippen molar-refractivity contribution in [3.63, 3.8) is 0 Å². The molecule has 0 aromatic rings. The minimum Gasteiger partial charge on any atom is -0.475 e. The molecule has 0 aliphatic carbocycles. The van der Waals surface area contributed by atoms with Crippen LogP contribution in [0.15, 0.2) is 12.3 Å². The fraction of sp³-hybridized carbons (Fsp3) is 0.946. The maximum atomic E-state index is 6.20. The number of unbranched alkanes of at least 4 members (excludes halogenated alkanes) is 22. The van der Waals surface area contributed by atoms with Gasteiger partial charge in [-0.1, -0.05) is 149 Å². The minimum atomic E-state index is -0.0376. The first kappa shape index (κ1) is 40.4. The number of hydrogen-bond acceptors (Lipinski definition) is 4. The SMILES string of the molecule is CCCCCCCCCCOC(CCCCC=COCOCCCCCCCCC)OCCCCCCCCCC. The molecule has 0 heterocycles. The fourth-order valence-corrected chi connectivity index (χ4v) is 5.13. The van der Waals surface area contributed by atoms with Gasteiger partial charge in [0.25, 0.3) is 0 Å². The molecule has 0 amide bonds. The normalized spacial score (nSPS) is 11.8. The zero-order chi connectivity index (χ0) is 29.7. The van der Waals surface area contributed by atoms with E-state index in [9.17, 15) is 0 Å². The highest BCUT2D eigenvalue weighted by Crippen LogP contribution is 2.14. The Morgan fingerprint density at radius 3 is 1.32 bits per heavy atom. The Balaban J connectivity index is 3.88. The molecular formula is C37H74O4. The van der Waals surface area contributed by atoms with Crippen LogP contribution in [0.3, 0.4) is 0 Å². The van der Waals surface area contributed by atoms with E-state index in [1.165, 1.54) is 128 Å². The first-order valence-electron chi connectivity index (χ1n) is 18.4. The molecule has 4 heteroatoms. The fourth-order valence-electron chi connectivity index (χ4n) is 5.13.